The Balaban J connectivity index is 1.64. The molecule has 1 N–H and O–H groups in total. The molecule has 0 fully saturated rings. The number of benzene rings is 3. The fourth-order valence-corrected chi connectivity index (χ4v) is 3.26. The van der Waals surface area contributed by atoms with Gasteiger partial charge in [-0.2, -0.15) is 0 Å². The number of oxazole rings is 1. The van der Waals surface area contributed by atoms with E-state index in [1.54, 1.807) is 30.3 Å². The van der Waals surface area contributed by atoms with Crippen LogP contribution in [-0.2, 0) is 0 Å². The van der Waals surface area contributed by atoms with Gasteiger partial charge in [0, 0.05) is 11.3 Å². The third-order valence-electron chi connectivity index (χ3n) is 4.39. The zero-order chi connectivity index (χ0) is 19.0. The molecule has 27 heavy (non-hydrogen) atoms. The quantitative estimate of drug-likeness (QED) is 0.475. The van der Waals surface area contributed by atoms with E-state index in [4.69, 9.17) is 16.0 Å². The van der Waals surface area contributed by atoms with Gasteiger partial charge in [0.2, 0.25) is 5.89 Å². The minimum atomic E-state index is -0.262. The zero-order valence-corrected chi connectivity index (χ0v) is 15.7. The van der Waals surface area contributed by atoms with Crippen molar-refractivity contribution in [2.24, 2.45) is 0 Å². The van der Waals surface area contributed by atoms with E-state index in [-0.39, 0.29) is 5.91 Å². The highest BCUT2D eigenvalue weighted by Crippen LogP contribution is 2.28. The molecule has 4 nitrogen and oxygen atoms in total. The lowest BCUT2D eigenvalue weighted by molar-refractivity contribution is 0.102. The third kappa shape index (κ3) is 3.44. The van der Waals surface area contributed by atoms with Crippen LogP contribution in [0, 0.1) is 13.8 Å². The van der Waals surface area contributed by atoms with Crippen LogP contribution >= 0.6 is 11.6 Å². The van der Waals surface area contributed by atoms with E-state index in [0.29, 0.717) is 33.3 Å². The lowest BCUT2D eigenvalue weighted by atomic mass is 10.1. The summed E-state index contributed by atoms with van der Waals surface area (Å²) < 4.78 is 5.87. The predicted octanol–water partition coefficient (Wildman–Crippen LogP) is 6.02. The van der Waals surface area contributed by atoms with Gasteiger partial charge >= 0.3 is 0 Å². The molecule has 0 aliphatic carbocycles. The van der Waals surface area contributed by atoms with E-state index in [9.17, 15) is 4.79 Å². The van der Waals surface area contributed by atoms with Gasteiger partial charge in [0.25, 0.3) is 5.91 Å². The summed E-state index contributed by atoms with van der Waals surface area (Å²) >= 11 is 6.18. The molecule has 3 aromatic carbocycles. The maximum absolute atomic E-state index is 12.5. The van der Waals surface area contributed by atoms with Gasteiger partial charge in [0.05, 0.1) is 10.6 Å². The van der Waals surface area contributed by atoms with Crippen molar-refractivity contribution in [3.63, 3.8) is 0 Å². The van der Waals surface area contributed by atoms with E-state index in [2.05, 4.69) is 10.3 Å². The molecule has 5 heteroatoms. The van der Waals surface area contributed by atoms with E-state index in [1.165, 1.54) is 0 Å². The van der Waals surface area contributed by atoms with Crippen LogP contribution in [0.5, 0.6) is 0 Å². The molecule has 1 amide bonds. The van der Waals surface area contributed by atoms with Crippen molar-refractivity contribution < 1.29 is 9.21 Å². The molecule has 134 valence electrons. The Labute approximate surface area is 161 Å². The zero-order valence-electron chi connectivity index (χ0n) is 14.9. The van der Waals surface area contributed by atoms with Crippen LogP contribution in [0.2, 0.25) is 5.02 Å². The minimum Gasteiger partial charge on any atom is -0.436 e. The highest BCUT2D eigenvalue weighted by atomic mass is 35.5. The normalized spacial score (nSPS) is 10.9. The summed E-state index contributed by atoms with van der Waals surface area (Å²) in [4.78, 5) is 17.1. The molecular formula is C22H17ClN2O2. The monoisotopic (exact) mass is 376 g/mol. The number of carbonyl (C=O) groups is 1. The summed E-state index contributed by atoms with van der Waals surface area (Å²) in [6.45, 7) is 3.94. The minimum absolute atomic E-state index is 0.262. The van der Waals surface area contributed by atoms with Gasteiger partial charge in [-0.05, 0) is 61.4 Å². The smallest absolute Gasteiger partial charge is 0.257 e. The first kappa shape index (κ1) is 17.3. The van der Waals surface area contributed by atoms with Crippen molar-refractivity contribution in [3.8, 4) is 11.5 Å². The second-order valence-corrected chi connectivity index (χ2v) is 6.86. The fraction of sp³-hybridized carbons (Fsp3) is 0.0909. The van der Waals surface area contributed by atoms with Crippen molar-refractivity contribution in [1.29, 1.82) is 0 Å². The Morgan fingerprint density at radius 1 is 1.04 bits per heavy atom. The van der Waals surface area contributed by atoms with E-state index >= 15 is 0 Å². The molecule has 0 bridgehead atoms. The number of halogens is 1. The lowest BCUT2D eigenvalue weighted by Crippen LogP contribution is -2.12. The summed E-state index contributed by atoms with van der Waals surface area (Å²) in [7, 11) is 0. The van der Waals surface area contributed by atoms with E-state index in [1.807, 2.05) is 44.2 Å². The Hall–Kier alpha value is -3.11. The highest BCUT2D eigenvalue weighted by molar-refractivity contribution is 6.34. The Kier molecular flexibility index (Phi) is 4.42. The number of amides is 1. The van der Waals surface area contributed by atoms with Gasteiger partial charge in [-0.25, -0.2) is 4.98 Å². The third-order valence-corrected chi connectivity index (χ3v) is 4.70. The molecule has 0 saturated carbocycles. The average Bonchev–Trinajstić information content (AvgIpc) is 3.05. The number of aromatic nitrogens is 1. The van der Waals surface area contributed by atoms with E-state index < -0.39 is 0 Å². The Morgan fingerprint density at radius 2 is 1.85 bits per heavy atom. The van der Waals surface area contributed by atoms with Gasteiger partial charge in [0.1, 0.15) is 5.52 Å². The maximum atomic E-state index is 12.5. The van der Waals surface area contributed by atoms with Crippen LogP contribution in [0.1, 0.15) is 21.5 Å². The van der Waals surface area contributed by atoms with Crippen molar-refractivity contribution in [1.82, 2.24) is 4.98 Å². The number of nitrogens with zero attached hydrogens (tertiary/aromatic N) is 1. The first-order valence-electron chi connectivity index (χ1n) is 8.55. The molecule has 1 aromatic heterocycles. The number of hydrogen-bond acceptors (Lipinski definition) is 3. The molecule has 0 atom stereocenters. The molecule has 0 radical (unpaired) electrons. The molecule has 4 rings (SSSR count). The van der Waals surface area contributed by atoms with Gasteiger partial charge in [-0.15, -0.1) is 0 Å². The van der Waals surface area contributed by atoms with Crippen LogP contribution in [0.4, 0.5) is 5.69 Å². The SMILES string of the molecule is Cc1ccc(C(=O)Nc2ccc3oc(-c4ccccc4C)nc3c2)c(Cl)c1. The average molecular weight is 377 g/mol. The topological polar surface area (TPSA) is 55.1 Å². The number of fused-ring (bicyclic) bond motifs is 1. The standard InChI is InChI=1S/C22H17ClN2O2/c1-13-7-9-17(18(23)11-13)21(26)24-15-8-10-20-19(12-15)25-22(27-20)16-6-4-3-5-14(16)2/h3-12H,1-2H3,(H,24,26). The fourth-order valence-electron chi connectivity index (χ4n) is 2.94. The number of carbonyl (C=O) groups excluding carboxylic acids is 1. The number of nitrogens with one attached hydrogen (secondary N) is 1. The number of anilines is 1. The van der Waals surface area contributed by atoms with Crippen molar-refractivity contribution in [2.75, 3.05) is 5.32 Å². The van der Waals surface area contributed by atoms with Crippen LogP contribution in [0.15, 0.2) is 65.1 Å². The van der Waals surface area contributed by atoms with Crippen LogP contribution in [-0.4, -0.2) is 10.9 Å². The summed E-state index contributed by atoms with van der Waals surface area (Å²) in [5.74, 6) is 0.301. The summed E-state index contributed by atoms with van der Waals surface area (Å²) in [6.07, 6.45) is 0. The first-order valence-corrected chi connectivity index (χ1v) is 8.93. The highest BCUT2D eigenvalue weighted by Gasteiger charge is 2.13. The summed E-state index contributed by atoms with van der Waals surface area (Å²) in [6, 6.07) is 18.6. The number of aryl methyl sites for hydroxylation is 2. The maximum Gasteiger partial charge on any atom is 0.257 e. The Morgan fingerprint density at radius 3 is 2.63 bits per heavy atom. The van der Waals surface area contributed by atoms with E-state index in [0.717, 1.165) is 16.7 Å². The second kappa shape index (κ2) is 6.89. The number of rotatable bonds is 3. The van der Waals surface area contributed by atoms with Gasteiger partial charge in [-0.3, -0.25) is 4.79 Å². The van der Waals surface area contributed by atoms with Crippen molar-refractivity contribution in [3.05, 3.63) is 82.4 Å². The van der Waals surface area contributed by atoms with Gasteiger partial charge in [0.15, 0.2) is 5.58 Å². The molecule has 1 heterocycles. The molecular weight excluding hydrogens is 360 g/mol. The van der Waals surface area contributed by atoms with Crippen LogP contribution in [0.25, 0.3) is 22.6 Å². The van der Waals surface area contributed by atoms with Gasteiger partial charge < -0.3 is 9.73 Å². The molecule has 0 spiro atoms. The predicted molar refractivity (Wildman–Crippen MR) is 108 cm³/mol. The molecule has 0 saturated heterocycles. The summed E-state index contributed by atoms with van der Waals surface area (Å²) in [5.41, 5.74) is 5.46. The summed E-state index contributed by atoms with van der Waals surface area (Å²) in [5, 5.41) is 3.29. The molecule has 4 aromatic rings. The molecule has 0 aliphatic heterocycles. The van der Waals surface area contributed by atoms with Crippen molar-refractivity contribution in [2.45, 2.75) is 13.8 Å². The number of hydrogen-bond donors (Lipinski definition) is 1. The van der Waals surface area contributed by atoms with Crippen molar-refractivity contribution >= 4 is 34.3 Å². The van der Waals surface area contributed by atoms with Gasteiger partial charge in [-0.1, -0.05) is 35.9 Å². The van der Waals surface area contributed by atoms with Crippen LogP contribution in [0.3, 0.4) is 0 Å². The Bertz CT molecular complexity index is 1160. The largest absolute Gasteiger partial charge is 0.436 e. The lowest BCUT2D eigenvalue weighted by Gasteiger charge is -2.07. The first-order chi connectivity index (χ1) is 13.0. The molecule has 0 unspecified atom stereocenters. The van der Waals surface area contributed by atoms with Crippen LogP contribution < -0.4 is 5.32 Å². The second-order valence-electron chi connectivity index (χ2n) is 6.45. The molecule has 0 aliphatic rings.